The Kier molecular flexibility index (Phi) is 37.7. The maximum atomic E-state index is 13.2. The minimum Gasteiger partial charge on any atom is -0.481 e. The molecule has 0 spiro atoms. The van der Waals surface area contributed by atoms with Gasteiger partial charge in [0.25, 0.3) is 0 Å². The summed E-state index contributed by atoms with van der Waals surface area (Å²) < 4.78 is 7.41. The number of hydrogen-bond acceptors (Lipinski definition) is 10. The van der Waals surface area contributed by atoms with Crippen LogP contribution >= 0.6 is 35.3 Å². The van der Waals surface area contributed by atoms with E-state index in [1.165, 1.54) is 89.9 Å². The number of carboxylic acid groups (broad SMARTS) is 2. The molecule has 0 saturated heterocycles. The van der Waals surface area contributed by atoms with Gasteiger partial charge in [-0.1, -0.05) is 110 Å². The summed E-state index contributed by atoms with van der Waals surface area (Å²) in [5.74, 6) is 0.823. The molecule has 1 aromatic heterocycles. The van der Waals surface area contributed by atoms with Crippen LogP contribution in [-0.2, 0) is 35.3 Å². The zero-order chi connectivity index (χ0) is 43.7. The van der Waals surface area contributed by atoms with Crippen molar-refractivity contribution in [2.45, 2.75) is 192 Å². The Morgan fingerprint density at radius 2 is 1.23 bits per heavy atom. The average molecular weight is 901 g/mol. The first-order chi connectivity index (χ1) is 29.2. The summed E-state index contributed by atoms with van der Waals surface area (Å²) in [7, 11) is 0. The number of aliphatic carboxylic acids is 2. The minimum atomic E-state index is -0.831. The van der Waals surface area contributed by atoms with Crippen LogP contribution in [0.2, 0.25) is 0 Å². The molecule has 0 aliphatic carbocycles. The van der Waals surface area contributed by atoms with Gasteiger partial charge in [0.15, 0.2) is 0 Å². The number of thioether (sulfide) groups is 3. The number of amides is 2. The van der Waals surface area contributed by atoms with Crippen molar-refractivity contribution in [2.24, 2.45) is 0 Å². The molecule has 0 saturated carbocycles. The Morgan fingerprint density at radius 1 is 0.650 bits per heavy atom. The normalized spacial score (nSPS) is 12.2. The van der Waals surface area contributed by atoms with E-state index in [1.807, 2.05) is 10.8 Å². The lowest BCUT2D eigenvalue weighted by atomic mass is 10.0. The van der Waals surface area contributed by atoms with Gasteiger partial charge in [0, 0.05) is 54.4 Å². The highest BCUT2D eigenvalue weighted by Gasteiger charge is 2.21. The van der Waals surface area contributed by atoms with E-state index in [0.717, 1.165) is 50.8 Å². The Hall–Kier alpha value is -2.39. The SMILES string of the molecule is CCCCCCCCCCCCCCCCCCOC(=O)CCSCCC(NC(=O)CCCCC(CCSCCC(=O)O)SCCC(=O)O)C(=O)NCCCn1ccnc1. The Labute approximate surface area is 374 Å². The molecule has 12 nitrogen and oxygen atoms in total. The third kappa shape index (κ3) is 36.3. The Balaban J connectivity index is 2.31. The molecule has 346 valence electrons. The molecule has 1 aromatic rings. The van der Waals surface area contributed by atoms with Crippen LogP contribution in [0.5, 0.6) is 0 Å². The minimum absolute atomic E-state index is 0.0880. The second kappa shape index (κ2) is 40.7. The van der Waals surface area contributed by atoms with Crippen LogP contribution in [-0.4, -0.2) is 103 Å². The van der Waals surface area contributed by atoms with Crippen LogP contribution in [0.3, 0.4) is 0 Å². The Morgan fingerprint density at radius 3 is 1.83 bits per heavy atom. The summed E-state index contributed by atoms with van der Waals surface area (Å²) >= 11 is 4.79. The maximum absolute atomic E-state index is 13.2. The molecule has 0 aromatic carbocycles. The lowest BCUT2D eigenvalue weighted by Crippen LogP contribution is -2.47. The third-order valence-electron chi connectivity index (χ3n) is 10.3. The van der Waals surface area contributed by atoms with Crippen LogP contribution in [0.1, 0.15) is 174 Å². The highest BCUT2D eigenvalue weighted by Crippen LogP contribution is 2.24. The van der Waals surface area contributed by atoms with Gasteiger partial charge in [-0.3, -0.25) is 24.0 Å². The summed E-state index contributed by atoms with van der Waals surface area (Å²) in [5, 5.41) is 24.1. The van der Waals surface area contributed by atoms with Gasteiger partial charge in [-0.15, -0.1) is 0 Å². The zero-order valence-electron chi connectivity index (χ0n) is 36.9. The molecule has 1 rings (SSSR count). The number of unbranched alkanes of at least 4 members (excludes halogenated alkanes) is 16. The number of aromatic nitrogens is 2. The molecule has 0 radical (unpaired) electrons. The lowest BCUT2D eigenvalue weighted by molar-refractivity contribution is -0.143. The van der Waals surface area contributed by atoms with Crippen LogP contribution in [0, 0.1) is 0 Å². The smallest absolute Gasteiger partial charge is 0.306 e. The van der Waals surface area contributed by atoms with E-state index >= 15 is 0 Å². The van der Waals surface area contributed by atoms with E-state index in [0.29, 0.717) is 55.4 Å². The number of carbonyl (C=O) groups excluding carboxylic acids is 3. The number of nitrogens with zero attached hydrogens (tertiary/aromatic N) is 2. The van der Waals surface area contributed by atoms with Crippen LogP contribution in [0.25, 0.3) is 0 Å². The van der Waals surface area contributed by atoms with Gasteiger partial charge < -0.3 is 30.2 Å². The molecule has 15 heteroatoms. The lowest BCUT2D eigenvalue weighted by Gasteiger charge is -2.19. The second-order valence-electron chi connectivity index (χ2n) is 15.7. The monoisotopic (exact) mass is 901 g/mol. The van der Waals surface area contributed by atoms with Crippen LogP contribution in [0.15, 0.2) is 18.7 Å². The van der Waals surface area contributed by atoms with Gasteiger partial charge in [-0.2, -0.15) is 35.3 Å². The van der Waals surface area contributed by atoms with Gasteiger partial charge in [0.2, 0.25) is 11.8 Å². The maximum Gasteiger partial charge on any atom is 0.306 e. The number of esters is 1. The van der Waals surface area contributed by atoms with Gasteiger partial charge in [-0.05, 0) is 50.0 Å². The summed E-state index contributed by atoms with van der Waals surface area (Å²) in [4.78, 5) is 64.4. The number of carboxylic acids is 2. The van der Waals surface area contributed by atoms with E-state index < -0.39 is 18.0 Å². The number of nitrogens with one attached hydrogen (secondary N) is 2. The van der Waals surface area contributed by atoms with Gasteiger partial charge in [0.05, 0.1) is 32.2 Å². The van der Waals surface area contributed by atoms with Crippen molar-refractivity contribution in [1.29, 1.82) is 0 Å². The van der Waals surface area contributed by atoms with Crippen molar-refractivity contribution in [2.75, 3.05) is 41.9 Å². The van der Waals surface area contributed by atoms with Crippen molar-refractivity contribution in [1.82, 2.24) is 20.2 Å². The van der Waals surface area contributed by atoms with E-state index in [4.69, 9.17) is 14.9 Å². The van der Waals surface area contributed by atoms with Crippen molar-refractivity contribution in [3.63, 3.8) is 0 Å². The highest BCUT2D eigenvalue weighted by molar-refractivity contribution is 8.00. The predicted molar refractivity (Wildman–Crippen MR) is 250 cm³/mol. The molecule has 1 heterocycles. The molecule has 0 fully saturated rings. The molecular formula is C45H80N4O8S3. The third-order valence-corrected chi connectivity index (χ3v) is 13.7. The van der Waals surface area contributed by atoms with E-state index in [-0.39, 0.29) is 42.3 Å². The van der Waals surface area contributed by atoms with Crippen LogP contribution in [0.4, 0.5) is 0 Å². The van der Waals surface area contributed by atoms with Gasteiger partial charge in [0.1, 0.15) is 6.04 Å². The van der Waals surface area contributed by atoms with Crippen LogP contribution < -0.4 is 10.6 Å². The number of rotatable bonds is 44. The topological polar surface area (TPSA) is 177 Å². The van der Waals surface area contributed by atoms with E-state index in [2.05, 4.69) is 22.5 Å². The fraction of sp³-hybridized carbons (Fsp3) is 0.822. The molecule has 0 aliphatic heterocycles. The molecular weight excluding hydrogens is 821 g/mol. The molecule has 0 aliphatic rings. The second-order valence-corrected chi connectivity index (χ2v) is 19.5. The standard InChI is InChI=1S/C45H80N4O8S3/c1-2-3-4-5-6-7-8-9-10-11-12-13-14-15-16-19-32-57-44(55)27-36-59-34-24-40(45(56)47-28-20-30-49-31-29-46-38-49)48-41(50)22-18-17-21-39(60-37-26-43(53)54)23-33-58-35-25-42(51)52/h29,31,38-40H,2-28,30,32-37H2,1H3,(H,47,56)(H,48,50)(H,51,52)(H,53,54). The fourth-order valence-corrected chi connectivity index (χ4v) is 9.96. The molecule has 2 amide bonds. The highest BCUT2D eigenvalue weighted by atomic mass is 32.2. The summed E-state index contributed by atoms with van der Waals surface area (Å²) in [6.07, 6.45) is 31.3. The summed E-state index contributed by atoms with van der Waals surface area (Å²) in [5.41, 5.74) is 0. The van der Waals surface area contributed by atoms with Gasteiger partial charge >= 0.3 is 17.9 Å². The number of carbonyl (C=O) groups is 5. The van der Waals surface area contributed by atoms with Crippen molar-refractivity contribution < 1.29 is 38.9 Å². The molecule has 4 N–H and O–H groups in total. The average Bonchev–Trinajstić information content (AvgIpc) is 3.74. The molecule has 2 atom stereocenters. The number of imidazole rings is 1. The van der Waals surface area contributed by atoms with E-state index in [9.17, 15) is 24.0 Å². The van der Waals surface area contributed by atoms with Crippen molar-refractivity contribution >= 4 is 65.0 Å². The number of aryl methyl sites for hydroxylation is 1. The molecule has 60 heavy (non-hydrogen) atoms. The first-order valence-corrected chi connectivity index (χ1v) is 26.5. The van der Waals surface area contributed by atoms with Crippen molar-refractivity contribution in [3.05, 3.63) is 18.7 Å². The summed E-state index contributed by atoms with van der Waals surface area (Å²) in [6, 6.07) is -0.678. The Bertz CT molecular complexity index is 1230. The first-order valence-electron chi connectivity index (χ1n) is 23.1. The largest absolute Gasteiger partial charge is 0.481 e. The number of ether oxygens (including phenoxy) is 1. The molecule has 2 unspecified atom stereocenters. The molecule has 0 bridgehead atoms. The van der Waals surface area contributed by atoms with E-state index in [1.54, 1.807) is 47.8 Å². The van der Waals surface area contributed by atoms with Gasteiger partial charge in [-0.25, -0.2) is 4.98 Å². The van der Waals surface area contributed by atoms with Crippen molar-refractivity contribution in [3.8, 4) is 0 Å². The quantitative estimate of drug-likeness (QED) is 0.0361. The fourth-order valence-electron chi connectivity index (χ4n) is 6.68. The first kappa shape index (κ1) is 55.6. The predicted octanol–water partition coefficient (Wildman–Crippen LogP) is 9.93. The number of hydrogen-bond donors (Lipinski definition) is 4. The summed E-state index contributed by atoms with van der Waals surface area (Å²) in [6.45, 7) is 3.93. The zero-order valence-corrected chi connectivity index (χ0v) is 39.3.